The molecular weight excluding hydrogens is 355 g/mol. The van der Waals surface area contributed by atoms with E-state index in [0.717, 1.165) is 14.7 Å². The topological polar surface area (TPSA) is 57.2 Å². The molecule has 5 heteroatoms. The highest BCUT2D eigenvalue weighted by Crippen LogP contribution is 2.22. The van der Waals surface area contributed by atoms with Crippen molar-refractivity contribution in [3.63, 3.8) is 0 Å². The minimum absolute atomic E-state index is 0.00712. The zero-order valence-electron chi connectivity index (χ0n) is 10.8. The molecular formula is C14H15IN2O2. The molecule has 0 radical (unpaired) electrons. The number of pyridine rings is 1. The Morgan fingerprint density at radius 3 is 2.74 bits per heavy atom. The number of methoxy groups -OCH3 is 1. The lowest BCUT2D eigenvalue weighted by Crippen LogP contribution is -2.20. The van der Waals surface area contributed by atoms with E-state index in [2.05, 4.69) is 22.6 Å². The number of hydrogen-bond donors (Lipinski definition) is 1. The van der Waals surface area contributed by atoms with Gasteiger partial charge in [0.2, 0.25) is 0 Å². The van der Waals surface area contributed by atoms with Crippen LogP contribution in [0.3, 0.4) is 0 Å². The van der Waals surface area contributed by atoms with Crippen molar-refractivity contribution in [3.8, 4) is 5.75 Å². The fraction of sp³-hybridized carbons (Fsp3) is 0.214. The molecule has 0 atom stereocenters. The SMILES string of the molecule is COc1ccc(Cn2cc(I)c(C)cc2=O)cc1N. The third-order valence-corrected chi connectivity index (χ3v) is 4.05. The molecule has 0 aliphatic carbocycles. The van der Waals surface area contributed by atoms with E-state index in [9.17, 15) is 4.79 Å². The number of rotatable bonds is 3. The maximum Gasteiger partial charge on any atom is 0.251 e. The molecule has 0 bridgehead atoms. The van der Waals surface area contributed by atoms with Crippen molar-refractivity contribution in [2.75, 3.05) is 12.8 Å². The monoisotopic (exact) mass is 370 g/mol. The van der Waals surface area contributed by atoms with Crippen LogP contribution in [-0.4, -0.2) is 11.7 Å². The van der Waals surface area contributed by atoms with Gasteiger partial charge in [-0.15, -0.1) is 0 Å². The zero-order valence-corrected chi connectivity index (χ0v) is 13.0. The molecule has 2 aromatic rings. The van der Waals surface area contributed by atoms with Gasteiger partial charge in [0.05, 0.1) is 19.3 Å². The Labute approximate surface area is 125 Å². The fourth-order valence-corrected chi connectivity index (χ4v) is 2.33. The predicted octanol–water partition coefficient (Wildman–Crippen LogP) is 2.40. The van der Waals surface area contributed by atoms with E-state index >= 15 is 0 Å². The van der Waals surface area contributed by atoms with Gasteiger partial charge in [0.1, 0.15) is 5.75 Å². The summed E-state index contributed by atoms with van der Waals surface area (Å²) in [7, 11) is 1.58. The maximum atomic E-state index is 11.9. The first-order valence-corrected chi connectivity index (χ1v) is 6.88. The van der Waals surface area contributed by atoms with Crippen LogP contribution in [0.5, 0.6) is 5.75 Å². The highest BCUT2D eigenvalue weighted by Gasteiger charge is 2.04. The molecule has 100 valence electrons. The molecule has 0 amide bonds. The van der Waals surface area contributed by atoms with Crippen LogP contribution in [-0.2, 0) is 6.54 Å². The number of halogens is 1. The minimum atomic E-state index is -0.00712. The normalized spacial score (nSPS) is 10.5. The Hall–Kier alpha value is -1.50. The maximum absolute atomic E-state index is 11.9. The van der Waals surface area contributed by atoms with E-state index < -0.39 is 0 Å². The van der Waals surface area contributed by atoms with Crippen LogP contribution in [0.25, 0.3) is 0 Å². The van der Waals surface area contributed by atoms with Crippen molar-refractivity contribution in [2.24, 2.45) is 0 Å². The summed E-state index contributed by atoms with van der Waals surface area (Å²) in [6.07, 6.45) is 1.86. The summed E-state index contributed by atoms with van der Waals surface area (Å²) in [6, 6.07) is 7.20. The average Bonchev–Trinajstić information content (AvgIpc) is 2.36. The van der Waals surface area contributed by atoms with Gasteiger partial charge < -0.3 is 15.0 Å². The molecule has 0 aliphatic heterocycles. The molecule has 0 saturated carbocycles. The van der Waals surface area contributed by atoms with Gasteiger partial charge in [-0.25, -0.2) is 0 Å². The Kier molecular flexibility index (Phi) is 4.14. The van der Waals surface area contributed by atoms with Crippen LogP contribution in [0.1, 0.15) is 11.1 Å². The Bertz CT molecular complexity index is 665. The van der Waals surface area contributed by atoms with E-state index in [-0.39, 0.29) is 5.56 Å². The van der Waals surface area contributed by atoms with E-state index in [0.29, 0.717) is 18.0 Å². The van der Waals surface area contributed by atoms with Crippen LogP contribution in [0.4, 0.5) is 5.69 Å². The quantitative estimate of drug-likeness (QED) is 0.667. The van der Waals surface area contributed by atoms with E-state index in [4.69, 9.17) is 10.5 Å². The van der Waals surface area contributed by atoms with Gasteiger partial charge in [-0.3, -0.25) is 4.79 Å². The molecule has 0 aliphatic rings. The molecule has 1 aromatic carbocycles. The summed E-state index contributed by atoms with van der Waals surface area (Å²) >= 11 is 2.22. The van der Waals surface area contributed by atoms with Crippen LogP contribution in [0.15, 0.2) is 35.3 Å². The number of ether oxygens (including phenoxy) is 1. The number of hydrogen-bond acceptors (Lipinski definition) is 3. The lowest BCUT2D eigenvalue weighted by Gasteiger charge is -2.10. The van der Waals surface area contributed by atoms with Gasteiger partial charge in [0.25, 0.3) is 5.56 Å². The number of anilines is 1. The second kappa shape index (κ2) is 5.64. The number of aromatic nitrogens is 1. The largest absolute Gasteiger partial charge is 0.495 e. The Morgan fingerprint density at radius 2 is 2.11 bits per heavy atom. The number of nitrogens with two attached hydrogens (primary N) is 1. The van der Waals surface area contributed by atoms with Gasteiger partial charge in [-0.1, -0.05) is 6.07 Å². The molecule has 0 saturated heterocycles. The van der Waals surface area contributed by atoms with Gasteiger partial charge in [-0.05, 0) is 52.8 Å². The predicted molar refractivity (Wildman–Crippen MR) is 84.7 cm³/mol. The number of benzene rings is 1. The minimum Gasteiger partial charge on any atom is -0.495 e. The molecule has 4 nitrogen and oxygen atoms in total. The van der Waals surface area contributed by atoms with Gasteiger partial charge in [0, 0.05) is 15.8 Å². The van der Waals surface area contributed by atoms with Crippen LogP contribution < -0.4 is 16.0 Å². The summed E-state index contributed by atoms with van der Waals surface area (Å²) in [5, 5.41) is 0. The molecule has 1 aromatic heterocycles. The van der Waals surface area contributed by atoms with E-state index in [1.54, 1.807) is 17.7 Å². The molecule has 2 rings (SSSR count). The second-order valence-corrected chi connectivity index (χ2v) is 5.51. The van der Waals surface area contributed by atoms with Gasteiger partial charge in [-0.2, -0.15) is 0 Å². The van der Waals surface area contributed by atoms with E-state index in [1.807, 2.05) is 31.3 Å². The molecule has 0 unspecified atom stereocenters. The first-order valence-electron chi connectivity index (χ1n) is 5.80. The number of nitrogens with zero attached hydrogens (tertiary/aromatic N) is 1. The summed E-state index contributed by atoms with van der Waals surface area (Å²) in [4.78, 5) is 11.9. The van der Waals surface area contributed by atoms with Crippen LogP contribution in [0.2, 0.25) is 0 Å². The molecule has 0 spiro atoms. The zero-order chi connectivity index (χ0) is 14.0. The van der Waals surface area contributed by atoms with Crippen molar-refractivity contribution in [1.29, 1.82) is 0 Å². The highest BCUT2D eigenvalue weighted by atomic mass is 127. The third-order valence-electron chi connectivity index (χ3n) is 2.92. The Morgan fingerprint density at radius 1 is 1.37 bits per heavy atom. The number of nitrogen functional groups attached to an aromatic ring is 1. The van der Waals surface area contributed by atoms with Crippen molar-refractivity contribution >= 4 is 28.3 Å². The van der Waals surface area contributed by atoms with Crippen LogP contribution >= 0.6 is 22.6 Å². The summed E-state index contributed by atoms with van der Waals surface area (Å²) in [5.41, 5.74) is 8.40. The van der Waals surface area contributed by atoms with E-state index in [1.165, 1.54) is 0 Å². The van der Waals surface area contributed by atoms with Crippen molar-refractivity contribution in [3.05, 3.63) is 55.5 Å². The average molecular weight is 370 g/mol. The molecule has 1 heterocycles. The Balaban J connectivity index is 2.34. The molecule has 0 fully saturated rings. The standard InChI is InChI=1S/C14H15IN2O2/c1-9-5-14(18)17(8-11(9)15)7-10-3-4-13(19-2)12(16)6-10/h3-6,8H,7,16H2,1-2H3. The van der Waals surface area contributed by atoms with Crippen molar-refractivity contribution in [1.82, 2.24) is 4.57 Å². The molecule has 19 heavy (non-hydrogen) atoms. The van der Waals surface area contributed by atoms with Gasteiger partial charge >= 0.3 is 0 Å². The molecule has 2 N–H and O–H groups in total. The van der Waals surface area contributed by atoms with Crippen molar-refractivity contribution < 1.29 is 4.74 Å². The fourth-order valence-electron chi connectivity index (χ4n) is 1.84. The highest BCUT2D eigenvalue weighted by molar-refractivity contribution is 14.1. The lowest BCUT2D eigenvalue weighted by atomic mass is 10.2. The second-order valence-electron chi connectivity index (χ2n) is 4.35. The first-order chi connectivity index (χ1) is 9.01. The smallest absolute Gasteiger partial charge is 0.251 e. The number of aryl methyl sites for hydroxylation is 1. The summed E-state index contributed by atoms with van der Waals surface area (Å²) in [6.45, 7) is 2.43. The van der Waals surface area contributed by atoms with Crippen LogP contribution in [0, 0.1) is 10.5 Å². The first kappa shape index (κ1) is 13.9. The van der Waals surface area contributed by atoms with Crippen molar-refractivity contribution in [2.45, 2.75) is 13.5 Å². The van der Waals surface area contributed by atoms with Gasteiger partial charge in [0.15, 0.2) is 0 Å². The third kappa shape index (κ3) is 3.09. The summed E-state index contributed by atoms with van der Waals surface area (Å²) < 4.78 is 7.86. The lowest BCUT2D eigenvalue weighted by molar-refractivity contribution is 0.417. The summed E-state index contributed by atoms with van der Waals surface area (Å²) in [5.74, 6) is 0.648.